The molecule has 116 valence electrons. The summed E-state index contributed by atoms with van der Waals surface area (Å²) in [6, 6.07) is 7.26. The summed E-state index contributed by atoms with van der Waals surface area (Å²) in [6.07, 6.45) is 0.135. The van der Waals surface area contributed by atoms with Gasteiger partial charge in [-0.15, -0.1) is 11.3 Å². The van der Waals surface area contributed by atoms with Gasteiger partial charge < -0.3 is 15.4 Å². The highest BCUT2D eigenvalue weighted by molar-refractivity contribution is 7.13. The molecule has 0 aliphatic carbocycles. The van der Waals surface area contributed by atoms with E-state index in [1.54, 1.807) is 17.5 Å². The van der Waals surface area contributed by atoms with E-state index in [0.29, 0.717) is 28.9 Å². The summed E-state index contributed by atoms with van der Waals surface area (Å²) in [5.41, 5.74) is 1.24. The van der Waals surface area contributed by atoms with E-state index in [9.17, 15) is 9.59 Å². The molecule has 0 aliphatic heterocycles. The van der Waals surface area contributed by atoms with Gasteiger partial charge in [-0.1, -0.05) is 12.1 Å². The number of rotatable bonds is 6. The Morgan fingerprint density at radius 1 is 1.27 bits per heavy atom. The van der Waals surface area contributed by atoms with E-state index in [2.05, 4.69) is 15.6 Å². The third kappa shape index (κ3) is 4.56. The smallest absolute Gasteiger partial charge is 0.230 e. The first-order valence-corrected chi connectivity index (χ1v) is 7.70. The molecule has 1 aromatic heterocycles. The van der Waals surface area contributed by atoms with Gasteiger partial charge >= 0.3 is 0 Å². The van der Waals surface area contributed by atoms with Crippen LogP contribution in [0.3, 0.4) is 0 Å². The fourth-order valence-electron chi connectivity index (χ4n) is 1.81. The van der Waals surface area contributed by atoms with Crippen molar-refractivity contribution in [3.8, 4) is 5.75 Å². The number of aromatic nitrogens is 1. The van der Waals surface area contributed by atoms with Crippen LogP contribution in [-0.2, 0) is 16.0 Å². The second-order valence-corrected chi connectivity index (χ2v) is 5.34. The molecule has 6 nitrogen and oxygen atoms in total. The Bertz CT molecular complexity index is 670. The molecule has 2 N–H and O–H groups in total. The third-order valence-electron chi connectivity index (χ3n) is 2.64. The first-order valence-electron chi connectivity index (χ1n) is 6.82. The molecule has 0 spiro atoms. The lowest BCUT2D eigenvalue weighted by atomic mass is 10.2. The Kier molecular flexibility index (Phi) is 5.48. The highest BCUT2D eigenvalue weighted by Gasteiger charge is 2.11. The van der Waals surface area contributed by atoms with E-state index in [1.807, 2.05) is 19.1 Å². The minimum Gasteiger partial charge on any atom is -0.492 e. The summed E-state index contributed by atoms with van der Waals surface area (Å²) in [7, 11) is 0. The van der Waals surface area contributed by atoms with Crippen molar-refractivity contribution in [1.29, 1.82) is 0 Å². The molecule has 0 saturated carbocycles. The molecule has 0 radical (unpaired) electrons. The zero-order valence-corrected chi connectivity index (χ0v) is 13.2. The highest BCUT2D eigenvalue weighted by atomic mass is 32.1. The van der Waals surface area contributed by atoms with Gasteiger partial charge in [-0.3, -0.25) is 9.59 Å². The lowest BCUT2D eigenvalue weighted by molar-refractivity contribution is -0.116. The van der Waals surface area contributed by atoms with Crippen LogP contribution in [0.4, 0.5) is 10.8 Å². The quantitative estimate of drug-likeness (QED) is 0.858. The Hall–Kier alpha value is -2.41. The molecule has 2 amide bonds. The first kappa shape index (κ1) is 16.0. The van der Waals surface area contributed by atoms with Crippen LogP contribution >= 0.6 is 11.3 Å². The molecule has 1 heterocycles. The van der Waals surface area contributed by atoms with Crippen molar-refractivity contribution in [3.05, 3.63) is 35.3 Å². The van der Waals surface area contributed by atoms with Crippen molar-refractivity contribution in [2.24, 2.45) is 0 Å². The average Bonchev–Trinajstić information content (AvgIpc) is 2.87. The Labute approximate surface area is 132 Å². The van der Waals surface area contributed by atoms with Crippen LogP contribution in [-0.4, -0.2) is 23.4 Å². The maximum atomic E-state index is 12.1. The fraction of sp³-hybridized carbons (Fsp3) is 0.267. The van der Waals surface area contributed by atoms with E-state index < -0.39 is 0 Å². The number of thiazole rings is 1. The van der Waals surface area contributed by atoms with Gasteiger partial charge in [-0.25, -0.2) is 4.98 Å². The molecule has 0 unspecified atom stereocenters. The van der Waals surface area contributed by atoms with Gasteiger partial charge in [0.15, 0.2) is 5.13 Å². The van der Waals surface area contributed by atoms with Crippen molar-refractivity contribution in [3.63, 3.8) is 0 Å². The molecule has 0 aliphatic rings. The third-order valence-corrected chi connectivity index (χ3v) is 3.44. The summed E-state index contributed by atoms with van der Waals surface area (Å²) >= 11 is 1.29. The lowest BCUT2D eigenvalue weighted by Gasteiger charge is -2.10. The highest BCUT2D eigenvalue weighted by Crippen LogP contribution is 2.24. The number of nitrogens with zero attached hydrogens (tertiary/aromatic N) is 1. The molecular weight excluding hydrogens is 302 g/mol. The van der Waals surface area contributed by atoms with Crippen molar-refractivity contribution in [1.82, 2.24) is 4.98 Å². The number of hydrogen-bond acceptors (Lipinski definition) is 5. The van der Waals surface area contributed by atoms with Crippen LogP contribution in [0, 0.1) is 0 Å². The number of hydrogen-bond donors (Lipinski definition) is 2. The monoisotopic (exact) mass is 319 g/mol. The zero-order chi connectivity index (χ0) is 15.9. The first-order chi connectivity index (χ1) is 10.6. The molecule has 0 atom stereocenters. The van der Waals surface area contributed by atoms with Gasteiger partial charge in [0.25, 0.3) is 0 Å². The molecule has 0 fully saturated rings. The molecule has 7 heteroatoms. The number of anilines is 2. The maximum absolute atomic E-state index is 12.1. The van der Waals surface area contributed by atoms with Crippen molar-refractivity contribution >= 4 is 34.0 Å². The standard InChI is InChI=1S/C15H17N3O3S/c1-3-21-13-7-5-4-6-12(13)18-14(20)8-11-9-22-15(17-11)16-10(2)19/h4-7,9H,3,8H2,1-2H3,(H,18,20)(H,16,17,19). The number of ether oxygens (including phenoxy) is 1. The van der Waals surface area contributed by atoms with Crippen LogP contribution in [0.2, 0.25) is 0 Å². The van der Waals surface area contributed by atoms with Gasteiger partial charge in [-0.05, 0) is 19.1 Å². The van der Waals surface area contributed by atoms with Crippen LogP contribution in [0.25, 0.3) is 0 Å². The van der Waals surface area contributed by atoms with Crippen LogP contribution in [0.1, 0.15) is 19.5 Å². The topological polar surface area (TPSA) is 80.3 Å². The Morgan fingerprint density at radius 2 is 2.05 bits per heavy atom. The second kappa shape index (κ2) is 7.56. The van der Waals surface area contributed by atoms with Crippen molar-refractivity contribution < 1.29 is 14.3 Å². The van der Waals surface area contributed by atoms with E-state index in [4.69, 9.17) is 4.74 Å². The molecule has 22 heavy (non-hydrogen) atoms. The summed E-state index contributed by atoms with van der Waals surface area (Å²) in [4.78, 5) is 27.2. The second-order valence-electron chi connectivity index (χ2n) is 4.48. The van der Waals surface area contributed by atoms with Crippen LogP contribution < -0.4 is 15.4 Å². The van der Waals surface area contributed by atoms with Gasteiger partial charge in [0.1, 0.15) is 5.75 Å². The predicted molar refractivity (Wildman–Crippen MR) is 86.4 cm³/mol. The predicted octanol–water partition coefficient (Wildman–Crippen LogP) is 2.68. The fourth-order valence-corrected chi connectivity index (χ4v) is 2.56. The van der Waals surface area contributed by atoms with E-state index in [0.717, 1.165) is 0 Å². The summed E-state index contributed by atoms with van der Waals surface area (Å²) in [5, 5.41) is 7.64. The van der Waals surface area contributed by atoms with Crippen LogP contribution in [0.15, 0.2) is 29.6 Å². The lowest BCUT2D eigenvalue weighted by Crippen LogP contribution is -2.15. The number of carbonyl (C=O) groups is 2. The van der Waals surface area contributed by atoms with Crippen molar-refractivity contribution in [2.45, 2.75) is 20.3 Å². The normalized spacial score (nSPS) is 10.1. The van der Waals surface area contributed by atoms with Crippen LogP contribution in [0.5, 0.6) is 5.75 Å². The Morgan fingerprint density at radius 3 is 2.77 bits per heavy atom. The SMILES string of the molecule is CCOc1ccccc1NC(=O)Cc1csc(NC(C)=O)n1. The van der Waals surface area contributed by atoms with Gasteiger partial charge in [0.2, 0.25) is 11.8 Å². The molecule has 2 rings (SSSR count). The minimum absolute atomic E-state index is 0.135. The van der Waals surface area contributed by atoms with Gasteiger partial charge in [-0.2, -0.15) is 0 Å². The maximum Gasteiger partial charge on any atom is 0.230 e. The summed E-state index contributed by atoms with van der Waals surface area (Å²) in [6.45, 7) is 3.83. The molecular formula is C15H17N3O3S. The average molecular weight is 319 g/mol. The molecule has 1 aromatic carbocycles. The molecule has 2 aromatic rings. The summed E-state index contributed by atoms with van der Waals surface area (Å²) in [5.74, 6) is 0.262. The zero-order valence-electron chi connectivity index (χ0n) is 12.4. The minimum atomic E-state index is -0.188. The Balaban J connectivity index is 1.98. The molecule has 0 bridgehead atoms. The number of carbonyl (C=O) groups excluding carboxylic acids is 2. The largest absolute Gasteiger partial charge is 0.492 e. The number of benzene rings is 1. The summed E-state index contributed by atoms with van der Waals surface area (Å²) < 4.78 is 5.46. The number of amides is 2. The van der Waals surface area contributed by atoms with E-state index in [-0.39, 0.29) is 18.2 Å². The number of nitrogens with one attached hydrogen (secondary N) is 2. The number of para-hydroxylation sites is 2. The van der Waals surface area contributed by atoms with E-state index in [1.165, 1.54) is 18.3 Å². The van der Waals surface area contributed by atoms with Gasteiger partial charge in [0, 0.05) is 12.3 Å². The van der Waals surface area contributed by atoms with E-state index >= 15 is 0 Å². The molecule has 0 saturated heterocycles. The van der Waals surface area contributed by atoms with Gasteiger partial charge in [0.05, 0.1) is 24.4 Å². The van der Waals surface area contributed by atoms with Crippen molar-refractivity contribution in [2.75, 3.05) is 17.2 Å².